The zero-order valence-electron chi connectivity index (χ0n) is 10.4. The van der Waals surface area contributed by atoms with Gasteiger partial charge in [-0.25, -0.2) is 0 Å². The molecule has 104 valence electrons. The predicted octanol–water partition coefficient (Wildman–Crippen LogP) is 1.81. The van der Waals surface area contributed by atoms with Crippen LogP contribution in [0.3, 0.4) is 0 Å². The van der Waals surface area contributed by atoms with Gasteiger partial charge in [0.25, 0.3) is 0 Å². The Bertz CT molecular complexity index is 601. The highest BCUT2D eigenvalue weighted by atomic mass is 32.2. The van der Waals surface area contributed by atoms with Gasteiger partial charge < -0.3 is 11.1 Å². The lowest BCUT2D eigenvalue weighted by Crippen LogP contribution is -2.17. The molecule has 8 heteroatoms. The topological polar surface area (TPSA) is 98.0 Å². The van der Waals surface area contributed by atoms with Crippen molar-refractivity contribution in [1.29, 1.82) is 0 Å². The SMILES string of the molecule is Nc1nnc(SCC(=O)CC(=O)Nc2ccccc2)s1. The van der Waals surface area contributed by atoms with E-state index in [1.165, 1.54) is 23.1 Å². The van der Waals surface area contributed by atoms with Gasteiger partial charge in [-0.1, -0.05) is 41.3 Å². The van der Waals surface area contributed by atoms with Crippen molar-refractivity contribution in [2.24, 2.45) is 0 Å². The van der Waals surface area contributed by atoms with Crippen LogP contribution in [0.25, 0.3) is 0 Å². The van der Waals surface area contributed by atoms with Gasteiger partial charge in [0, 0.05) is 5.69 Å². The number of nitrogen functional groups attached to an aromatic ring is 1. The smallest absolute Gasteiger partial charge is 0.231 e. The number of thioether (sulfide) groups is 1. The molecular formula is C12H12N4O2S2. The lowest BCUT2D eigenvalue weighted by atomic mass is 10.2. The van der Waals surface area contributed by atoms with Crippen molar-refractivity contribution >= 4 is 45.6 Å². The summed E-state index contributed by atoms with van der Waals surface area (Å²) in [6, 6.07) is 9.01. The van der Waals surface area contributed by atoms with Crippen molar-refractivity contribution in [2.45, 2.75) is 10.8 Å². The summed E-state index contributed by atoms with van der Waals surface area (Å²) in [5, 5.41) is 10.5. The molecule has 0 aliphatic rings. The molecule has 0 saturated heterocycles. The van der Waals surface area contributed by atoms with Gasteiger partial charge in [0.2, 0.25) is 11.0 Å². The fourth-order valence-electron chi connectivity index (χ4n) is 1.38. The molecule has 0 spiro atoms. The highest BCUT2D eigenvalue weighted by Crippen LogP contribution is 2.23. The van der Waals surface area contributed by atoms with Gasteiger partial charge in [-0.2, -0.15) is 0 Å². The number of aromatic nitrogens is 2. The maximum Gasteiger partial charge on any atom is 0.231 e. The minimum atomic E-state index is -0.321. The number of hydrogen-bond acceptors (Lipinski definition) is 7. The van der Waals surface area contributed by atoms with Crippen LogP contribution in [0.15, 0.2) is 34.7 Å². The van der Waals surface area contributed by atoms with E-state index in [0.717, 1.165) is 0 Å². The molecule has 1 aromatic carbocycles. The van der Waals surface area contributed by atoms with E-state index < -0.39 is 0 Å². The molecule has 0 aliphatic heterocycles. The number of nitrogens with two attached hydrogens (primary N) is 1. The van der Waals surface area contributed by atoms with Gasteiger partial charge in [-0.05, 0) is 12.1 Å². The van der Waals surface area contributed by atoms with E-state index in [1.807, 2.05) is 18.2 Å². The number of nitrogens with one attached hydrogen (secondary N) is 1. The quantitative estimate of drug-likeness (QED) is 0.624. The number of amides is 1. The lowest BCUT2D eigenvalue weighted by molar-refractivity contribution is -0.123. The number of para-hydroxylation sites is 1. The maximum absolute atomic E-state index is 11.7. The number of Topliss-reactive ketones (excluding diaryl/α,β-unsaturated/α-hetero) is 1. The van der Waals surface area contributed by atoms with Gasteiger partial charge in [-0.3, -0.25) is 9.59 Å². The monoisotopic (exact) mass is 308 g/mol. The number of benzene rings is 1. The average molecular weight is 308 g/mol. The molecule has 0 saturated carbocycles. The summed E-state index contributed by atoms with van der Waals surface area (Å²) in [7, 11) is 0. The molecule has 1 aromatic heterocycles. The molecule has 1 amide bonds. The summed E-state index contributed by atoms with van der Waals surface area (Å²) in [6.45, 7) is 0. The van der Waals surface area contributed by atoms with E-state index in [9.17, 15) is 9.59 Å². The first-order chi connectivity index (χ1) is 9.63. The van der Waals surface area contributed by atoms with Crippen LogP contribution < -0.4 is 11.1 Å². The second-order valence-electron chi connectivity index (χ2n) is 3.82. The molecular weight excluding hydrogens is 296 g/mol. The number of ketones is 1. The summed E-state index contributed by atoms with van der Waals surface area (Å²) in [6.07, 6.45) is -0.157. The number of carbonyl (C=O) groups excluding carboxylic acids is 2. The van der Waals surface area contributed by atoms with Crippen LogP contribution >= 0.6 is 23.1 Å². The van der Waals surface area contributed by atoms with E-state index >= 15 is 0 Å². The summed E-state index contributed by atoms with van der Waals surface area (Å²) in [4.78, 5) is 23.3. The highest BCUT2D eigenvalue weighted by Gasteiger charge is 2.11. The number of carbonyl (C=O) groups is 2. The van der Waals surface area contributed by atoms with E-state index in [2.05, 4.69) is 15.5 Å². The second kappa shape index (κ2) is 7.01. The molecule has 2 aromatic rings. The molecule has 0 atom stereocenters. The summed E-state index contributed by atoms with van der Waals surface area (Å²) < 4.78 is 0.624. The van der Waals surface area contributed by atoms with Crippen molar-refractivity contribution in [3.8, 4) is 0 Å². The number of nitrogens with zero attached hydrogens (tertiary/aromatic N) is 2. The van der Waals surface area contributed by atoms with Crippen LogP contribution in [-0.2, 0) is 9.59 Å². The van der Waals surface area contributed by atoms with E-state index in [-0.39, 0.29) is 23.9 Å². The third kappa shape index (κ3) is 4.63. The highest BCUT2D eigenvalue weighted by molar-refractivity contribution is 8.01. The number of rotatable bonds is 6. The van der Waals surface area contributed by atoms with E-state index in [1.54, 1.807) is 12.1 Å². The van der Waals surface area contributed by atoms with Crippen molar-refractivity contribution in [1.82, 2.24) is 10.2 Å². The average Bonchev–Trinajstić information content (AvgIpc) is 2.83. The summed E-state index contributed by atoms with van der Waals surface area (Å²) in [5.74, 6) is -0.313. The Morgan fingerprint density at radius 3 is 2.65 bits per heavy atom. The number of anilines is 2. The first-order valence-electron chi connectivity index (χ1n) is 5.72. The lowest BCUT2D eigenvalue weighted by Gasteiger charge is -2.03. The number of hydrogen-bond donors (Lipinski definition) is 2. The van der Waals surface area contributed by atoms with Gasteiger partial charge in [0.05, 0.1) is 12.2 Å². The largest absolute Gasteiger partial charge is 0.374 e. The third-order valence-corrected chi connectivity index (χ3v) is 4.14. The van der Waals surface area contributed by atoms with Crippen molar-refractivity contribution in [3.05, 3.63) is 30.3 Å². The van der Waals surface area contributed by atoms with Crippen LogP contribution in [0.2, 0.25) is 0 Å². The van der Waals surface area contributed by atoms with Gasteiger partial charge in [0.15, 0.2) is 10.1 Å². The molecule has 0 bridgehead atoms. The zero-order valence-corrected chi connectivity index (χ0v) is 12.0. The van der Waals surface area contributed by atoms with Gasteiger partial charge in [-0.15, -0.1) is 10.2 Å². The Balaban J connectivity index is 1.75. The van der Waals surface area contributed by atoms with Crippen LogP contribution in [-0.4, -0.2) is 27.6 Å². The zero-order chi connectivity index (χ0) is 14.4. The summed E-state index contributed by atoms with van der Waals surface area (Å²) >= 11 is 2.45. The molecule has 20 heavy (non-hydrogen) atoms. The molecule has 1 heterocycles. The Hall–Kier alpha value is -1.93. The molecule has 0 radical (unpaired) electrons. The minimum Gasteiger partial charge on any atom is -0.374 e. The molecule has 0 unspecified atom stereocenters. The molecule has 6 nitrogen and oxygen atoms in total. The molecule has 0 aliphatic carbocycles. The fraction of sp³-hybridized carbons (Fsp3) is 0.167. The van der Waals surface area contributed by atoms with Crippen molar-refractivity contribution in [2.75, 3.05) is 16.8 Å². The van der Waals surface area contributed by atoms with Crippen molar-refractivity contribution < 1.29 is 9.59 Å². The van der Waals surface area contributed by atoms with Crippen LogP contribution in [0.1, 0.15) is 6.42 Å². The Kier molecular flexibility index (Phi) is 5.08. The molecule has 3 N–H and O–H groups in total. The first kappa shape index (κ1) is 14.5. The third-order valence-electron chi connectivity index (χ3n) is 2.19. The van der Waals surface area contributed by atoms with Crippen LogP contribution in [0, 0.1) is 0 Å². The fourth-order valence-corrected chi connectivity index (χ4v) is 2.87. The van der Waals surface area contributed by atoms with Gasteiger partial charge in [0.1, 0.15) is 0 Å². The minimum absolute atomic E-state index is 0.157. The second-order valence-corrected chi connectivity index (χ2v) is 6.06. The first-order valence-corrected chi connectivity index (χ1v) is 7.52. The van der Waals surface area contributed by atoms with E-state index in [4.69, 9.17) is 5.73 Å². The van der Waals surface area contributed by atoms with E-state index in [0.29, 0.717) is 15.2 Å². The van der Waals surface area contributed by atoms with Crippen LogP contribution in [0.5, 0.6) is 0 Å². The Labute approximate surface area is 123 Å². The van der Waals surface area contributed by atoms with Crippen molar-refractivity contribution in [3.63, 3.8) is 0 Å². The maximum atomic E-state index is 11.7. The summed E-state index contributed by atoms with van der Waals surface area (Å²) in [5.41, 5.74) is 6.11. The van der Waals surface area contributed by atoms with Crippen LogP contribution in [0.4, 0.5) is 10.8 Å². The normalized spacial score (nSPS) is 10.2. The van der Waals surface area contributed by atoms with Gasteiger partial charge >= 0.3 is 0 Å². The predicted molar refractivity (Wildman–Crippen MR) is 79.7 cm³/mol. The molecule has 2 rings (SSSR count). The Morgan fingerprint density at radius 1 is 1.25 bits per heavy atom. The standard InChI is InChI=1S/C12H12N4O2S2/c13-11-15-16-12(20-11)19-7-9(17)6-10(18)14-8-4-2-1-3-5-8/h1-5H,6-7H2,(H2,13,15)(H,14,18). The molecule has 0 fully saturated rings. The Morgan fingerprint density at radius 2 is 2.00 bits per heavy atom.